The number of ether oxygens (including phenoxy) is 1. The Morgan fingerprint density at radius 2 is 2.00 bits per heavy atom. The summed E-state index contributed by atoms with van der Waals surface area (Å²) in [5.41, 5.74) is 0. The van der Waals surface area contributed by atoms with Crippen molar-refractivity contribution in [3.05, 3.63) is 30.3 Å². The quantitative estimate of drug-likeness (QED) is 0.370. The molecular weight excluding hydrogens is 328 g/mol. The van der Waals surface area contributed by atoms with Crippen molar-refractivity contribution < 1.29 is 13.2 Å². The number of nitrogens with one attached hydrogen (secondary N) is 2. The van der Waals surface area contributed by atoms with Crippen molar-refractivity contribution in [2.45, 2.75) is 13.3 Å². The highest BCUT2D eigenvalue weighted by atomic mass is 32.2. The van der Waals surface area contributed by atoms with E-state index in [4.69, 9.17) is 4.74 Å². The van der Waals surface area contributed by atoms with Crippen molar-refractivity contribution in [2.24, 2.45) is 4.99 Å². The number of benzene rings is 1. The van der Waals surface area contributed by atoms with Crippen LogP contribution in [0.2, 0.25) is 0 Å². The molecule has 1 aromatic carbocycles. The summed E-state index contributed by atoms with van der Waals surface area (Å²) >= 11 is 0. The van der Waals surface area contributed by atoms with Crippen LogP contribution in [0.15, 0.2) is 35.3 Å². The molecule has 0 bridgehead atoms. The lowest BCUT2D eigenvalue weighted by Gasteiger charge is -2.22. The number of aliphatic imine (C=N–C) groups is 1. The Kier molecular flexibility index (Phi) is 9.18. The molecule has 136 valence electrons. The van der Waals surface area contributed by atoms with E-state index in [1.165, 1.54) is 0 Å². The van der Waals surface area contributed by atoms with Gasteiger partial charge in [0.25, 0.3) is 0 Å². The summed E-state index contributed by atoms with van der Waals surface area (Å²) < 4.78 is 30.1. The summed E-state index contributed by atoms with van der Waals surface area (Å²) in [4.78, 5) is 6.50. The second-order valence-electron chi connectivity index (χ2n) is 5.34. The number of sulfonamides is 1. The fourth-order valence-corrected chi connectivity index (χ4v) is 2.43. The van der Waals surface area contributed by atoms with Crippen LogP contribution in [0.3, 0.4) is 0 Å². The number of rotatable bonds is 10. The summed E-state index contributed by atoms with van der Waals surface area (Å²) in [5.74, 6) is 1.63. The van der Waals surface area contributed by atoms with Gasteiger partial charge in [-0.3, -0.25) is 4.99 Å². The molecule has 0 aliphatic rings. The molecule has 2 N–H and O–H groups in total. The van der Waals surface area contributed by atoms with E-state index in [2.05, 4.69) is 15.0 Å². The maximum atomic E-state index is 11.0. The predicted octanol–water partition coefficient (Wildman–Crippen LogP) is 0.902. The Morgan fingerprint density at radius 3 is 2.62 bits per heavy atom. The maximum absolute atomic E-state index is 11.0. The molecule has 0 spiro atoms. The zero-order chi connectivity index (χ0) is 17.8. The van der Waals surface area contributed by atoms with Crippen LogP contribution in [-0.4, -0.2) is 65.4 Å². The third-order valence-corrected chi connectivity index (χ3v) is 3.82. The number of nitrogens with zero attached hydrogens (tertiary/aromatic N) is 2. The number of hydrogen-bond donors (Lipinski definition) is 2. The zero-order valence-corrected chi connectivity index (χ0v) is 15.5. The van der Waals surface area contributed by atoms with Crippen LogP contribution < -0.4 is 14.8 Å². The molecule has 1 aromatic rings. The average Bonchev–Trinajstić information content (AvgIpc) is 2.53. The van der Waals surface area contributed by atoms with Gasteiger partial charge in [-0.1, -0.05) is 18.2 Å². The van der Waals surface area contributed by atoms with Gasteiger partial charge in [0.15, 0.2) is 5.96 Å². The molecule has 24 heavy (non-hydrogen) atoms. The molecular formula is C16H28N4O3S. The number of para-hydroxylation sites is 1. The molecule has 0 unspecified atom stereocenters. The largest absolute Gasteiger partial charge is 0.492 e. The zero-order valence-electron chi connectivity index (χ0n) is 14.7. The van der Waals surface area contributed by atoms with Crippen LogP contribution in [0.1, 0.15) is 13.3 Å². The molecule has 0 saturated heterocycles. The molecule has 0 atom stereocenters. The van der Waals surface area contributed by atoms with Crippen LogP contribution in [-0.2, 0) is 10.0 Å². The molecule has 7 nitrogen and oxygen atoms in total. The molecule has 0 aliphatic carbocycles. The van der Waals surface area contributed by atoms with E-state index in [0.717, 1.165) is 24.5 Å². The highest BCUT2D eigenvalue weighted by Gasteiger charge is 2.05. The maximum Gasteiger partial charge on any atom is 0.208 e. The average molecular weight is 356 g/mol. The number of likely N-dealkylation sites (N-methyl/N-ethyl adjacent to an activating group) is 1. The van der Waals surface area contributed by atoms with Gasteiger partial charge in [-0.2, -0.15) is 0 Å². The summed E-state index contributed by atoms with van der Waals surface area (Å²) in [6.45, 7) is 4.97. The van der Waals surface area contributed by atoms with E-state index < -0.39 is 10.0 Å². The molecule has 0 saturated carbocycles. The summed E-state index contributed by atoms with van der Waals surface area (Å²) in [6.07, 6.45) is 1.80. The molecule has 0 amide bonds. The van der Waals surface area contributed by atoms with Crippen LogP contribution in [0.4, 0.5) is 0 Å². The topological polar surface area (TPSA) is 83.0 Å². The summed E-state index contributed by atoms with van der Waals surface area (Å²) in [6, 6.07) is 9.68. The molecule has 0 fully saturated rings. The van der Waals surface area contributed by atoms with Gasteiger partial charge in [0.2, 0.25) is 10.0 Å². The van der Waals surface area contributed by atoms with E-state index in [9.17, 15) is 8.42 Å². The smallest absolute Gasteiger partial charge is 0.208 e. The minimum absolute atomic E-state index is 0.391. The minimum atomic E-state index is -3.13. The van der Waals surface area contributed by atoms with E-state index in [0.29, 0.717) is 32.7 Å². The van der Waals surface area contributed by atoms with Gasteiger partial charge in [-0.15, -0.1) is 0 Å². The summed E-state index contributed by atoms with van der Waals surface area (Å²) in [5, 5.41) is 3.22. The SMILES string of the molecule is CCNC(=NCCCNS(C)(=O)=O)N(C)CCOc1ccccc1. The van der Waals surface area contributed by atoms with Gasteiger partial charge >= 0.3 is 0 Å². The van der Waals surface area contributed by atoms with Gasteiger partial charge in [-0.05, 0) is 25.5 Å². The van der Waals surface area contributed by atoms with E-state index in [1.807, 2.05) is 49.2 Å². The first-order valence-electron chi connectivity index (χ1n) is 8.04. The normalized spacial score (nSPS) is 12.0. The van der Waals surface area contributed by atoms with Gasteiger partial charge in [0.05, 0.1) is 12.8 Å². The Bertz CT molecular complexity index is 591. The van der Waals surface area contributed by atoms with Crippen molar-refractivity contribution >= 4 is 16.0 Å². The second-order valence-corrected chi connectivity index (χ2v) is 7.17. The Morgan fingerprint density at radius 1 is 1.29 bits per heavy atom. The monoisotopic (exact) mass is 356 g/mol. The van der Waals surface area contributed by atoms with Crippen molar-refractivity contribution in [1.82, 2.24) is 14.9 Å². The fourth-order valence-electron chi connectivity index (χ4n) is 1.91. The third kappa shape index (κ3) is 9.36. The van der Waals surface area contributed by atoms with Gasteiger partial charge in [0, 0.05) is 26.7 Å². The van der Waals surface area contributed by atoms with Gasteiger partial charge in [0.1, 0.15) is 12.4 Å². The third-order valence-electron chi connectivity index (χ3n) is 3.10. The molecule has 0 heterocycles. The van der Waals surface area contributed by atoms with Gasteiger partial charge in [-0.25, -0.2) is 13.1 Å². The number of guanidine groups is 1. The highest BCUT2D eigenvalue weighted by Crippen LogP contribution is 2.07. The second kappa shape index (κ2) is 10.9. The van der Waals surface area contributed by atoms with Crippen LogP contribution in [0, 0.1) is 0 Å². The minimum Gasteiger partial charge on any atom is -0.492 e. The Labute approximate surface area is 145 Å². The molecule has 0 radical (unpaired) electrons. The number of hydrogen-bond acceptors (Lipinski definition) is 4. The fraction of sp³-hybridized carbons (Fsp3) is 0.562. The standard InChI is InChI=1S/C16H28N4O3S/c1-4-17-16(18-11-8-12-19-24(3,21)22)20(2)13-14-23-15-9-6-5-7-10-15/h5-7,9-10,19H,4,8,11-14H2,1-3H3,(H,17,18). The predicted molar refractivity (Wildman–Crippen MR) is 98.0 cm³/mol. The first-order valence-corrected chi connectivity index (χ1v) is 9.93. The lowest BCUT2D eigenvalue weighted by molar-refractivity contribution is 0.281. The molecule has 0 aromatic heterocycles. The Hall–Kier alpha value is -1.80. The van der Waals surface area contributed by atoms with Crippen molar-refractivity contribution in [3.63, 3.8) is 0 Å². The van der Waals surface area contributed by atoms with Crippen molar-refractivity contribution in [3.8, 4) is 5.75 Å². The molecule has 8 heteroatoms. The molecule has 1 rings (SSSR count). The van der Waals surface area contributed by atoms with Crippen molar-refractivity contribution in [2.75, 3.05) is 46.1 Å². The lowest BCUT2D eigenvalue weighted by Crippen LogP contribution is -2.41. The summed E-state index contributed by atoms with van der Waals surface area (Å²) in [7, 11) is -1.18. The van der Waals surface area contributed by atoms with Crippen LogP contribution in [0.5, 0.6) is 5.75 Å². The highest BCUT2D eigenvalue weighted by molar-refractivity contribution is 7.88. The van der Waals surface area contributed by atoms with Crippen LogP contribution in [0.25, 0.3) is 0 Å². The van der Waals surface area contributed by atoms with E-state index in [1.54, 1.807) is 0 Å². The lowest BCUT2D eigenvalue weighted by atomic mass is 10.3. The first-order chi connectivity index (χ1) is 11.4. The van der Waals surface area contributed by atoms with E-state index >= 15 is 0 Å². The van der Waals surface area contributed by atoms with Crippen LogP contribution >= 0.6 is 0 Å². The Balaban J connectivity index is 2.37. The molecule has 0 aliphatic heterocycles. The van der Waals surface area contributed by atoms with Gasteiger partial charge < -0.3 is 15.0 Å². The first kappa shape index (κ1) is 20.2. The van der Waals surface area contributed by atoms with Crippen molar-refractivity contribution in [1.29, 1.82) is 0 Å². The van der Waals surface area contributed by atoms with E-state index in [-0.39, 0.29) is 0 Å².